The Labute approximate surface area is 429 Å². The maximum Gasteiger partial charge on any atom is 0.145 e. The van der Waals surface area contributed by atoms with Crippen molar-refractivity contribution in [2.45, 2.75) is 0 Å². The van der Waals surface area contributed by atoms with Crippen LogP contribution < -0.4 is 0 Å². The van der Waals surface area contributed by atoms with Crippen molar-refractivity contribution in [2.24, 2.45) is 0 Å². The lowest BCUT2D eigenvalue weighted by Crippen LogP contribution is -2.04. The van der Waals surface area contributed by atoms with E-state index in [2.05, 4.69) is 130 Å². The Bertz CT molecular complexity index is 5180. The first-order valence-corrected chi connectivity index (χ1v) is 25.2. The van der Waals surface area contributed by atoms with Gasteiger partial charge in [0.2, 0.25) is 0 Å². The number of hydrogen-bond donors (Lipinski definition) is 0. The van der Waals surface area contributed by atoms with Crippen LogP contribution in [0.25, 0.3) is 165 Å². The molecule has 0 amide bonds. The highest BCUT2D eigenvalue weighted by atomic mass is 16.3. The van der Waals surface area contributed by atoms with Gasteiger partial charge in [-0.05, 0) is 131 Å². The zero-order valence-corrected chi connectivity index (χ0v) is 40.1. The lowest BCUT2D eigenvalue weighted by molar-refractivity contribution is 0.668. The Kier molecular flexibility index (Phi) is 7.99. The largest absolute Gasteiger partial charge is 0.456 e. The second-order valence-electron chi connectivity index (χ2n) is 19.7. The number of nitrogens with zero attached hydrogens (tertiary/aromatic N) is 4. The molecule has 6 heterocycles. The molecule has 17 rings (SSSR count). The van der Waals surface area contributed by atoms with Gasteiger partial charge in [0, 0.05) is 53.9 Å². The van der Waals surface area contributed by atoms with Crippen molar-refractivity contribution in [3.63, 3.8) is 0 Å². The zero-order valence-electron chi connectivity index (χ0n) is 40.1. The van der Waals surface area contributed by atoms with Crippen LogP contribution in [-0.2, 0) is 0 Å². The molecule has 0 bridgehead atoms. The van der Waals surface area contributed by atoms with E-state index < -0.39 is 0 Å². The van der Waals surface area contributed by atoms with Gasteiger partial charge < -0.3 is 26.8 Å². The van der Waals surface area contributed by atoms with E-state index in [0.29, 0.717) is 22.5 Å². The molecule has 0 aliphatic heterocycles. The van der Waals surface area contributed by atoms with Crippen molar-refractivity contribution < 1.29 is 17.7 Å². The monoisotopic (exact) mass is 970 g/mol. The first kappa shape index (κ1) is 40.8. The van der Waals surface area contributed by atoms with Crippen molar-refractivity contribution in [3.05, 3.63) is 217 Å². The summed E-state index contributed by atoms with van der Waals surface area (Å²) in [5.74, 6) is 0. The van der Waals surface area contributed by atoms with Crippen LogP contribution in [0, 0.1) is 22.7 Å². The van der Waals surface area contributed by atoms with Crippen molar-refractivity contribution >= 4 is 131 Å². The summed E-state index contributed by atoms with van der Waals surface area (Å²) in [4.78, 5) is 0. The Morgan fingerprint density at radius 1 is 0.276 bits per heavy atom. The minimum Gasteiger partial charge on any atom is -0.456 e. The van der Waals surface area contributed by atoms with Crippen molar-refractivity contribution in [1.82, 2.24) is 9.13 Å². The minimum atomic E-state index is 0.399. The number of benzene rings is 11. The minimum absolute atomic E-state index is 0.399. The molecule has 0 atom stereocenters. The summed E-state index contributed by atoms with van der Waals surface area (Å²) in [6.45, 7) is 0. The van der Waals surface area contributed by atoms with Gasteiger partial charge in [-0.1, -0.05) is 97.1 Å². The SMILES string of the molecule is N#Cc1cc(-n2c3ccc(-c4ccc5oc6ccccc6c5c4)cc3c3c4oc5ccccc5c4ccc32)c(C#N)cc1-n1c2ccc(-c3ccc4oc5ccccc5c4c3)cc2c2c3oc4ccccc4c3ccc21. The van der Waals surface area contributed by atoms with Crippen LogP contribution in [0.1, 0.15) is 11.1 Å². The van der Waals surface area contributed by atoms with E-state index in [1.165, 1.54) is 0 Å². The van der Waals surface area contributed by atoms with Crippen molar-refractivity contribution in [1.29, 1.82) is 10.5 Å². The smallest absolute Gasteiger partial charge is 0.145 e. The zero-order chi connectivity index (χ0) is 49.9. The van der Waals surface area contributed by atoms with E-state index >= 15 is 0 Å². The summed E-state index contributed by atoms with van der Waals surface area (Å²) in [6, 6.07) is 75.4. The molecule has 6 aromatic heterocycles. The van der Waals surface area contributed by atoms with E-state index in [-0.39, 0.29) is 0 Å². The normalized spacial score (nSPS) is 12.2. The van der Waals surface area contributed by atoms with E-state index in [9.17, 15) is 10.5 Å². The van der Waals surface area contributed by atoms with Gasteiger partial charge in [-0.25, -0.2) is 0 Å². The highest BCUT2D eigenvalue weighted by Crippen LogP contribution is 2.46. The molecule has 0 radical (unpaired) electrons. The Hall–Kier alpha value is -10.8. The molecule has 0 saturated carbocycles. The number of rotatable bonds is 4. The standard InChI is InChI=1S/C68H34N4O4/c69-35-41-34-58(72-54-24-18-38(40-20-28-64-50(30-40)46-12-4-6-14-60(46)74-64)32-52(54)66-56(72)26-22-48-44-10-2-8-16-62(44)76-68(48)66)42(36-70)33-57(41)71-53-23-17-37(39-19-27-63-49(29-39)45-11-3-5-13-59(45)73-63)31-51(53)65-55(71)25-21-47-43-9-1-7-15-61(43)75-67(47)65/h1-34H. The molecule has 350 valence electrons. The molecular formula is C68H34N4O4. The summed E-state index contributed by atoms with van der Waals surface area (Å²) in [7, 11) is 0. The molecule has 17 aromatic rings. The van der Waals surface area contributed by atoms with Gasteiger partial charge in [-0.3, -0.25) is 0 Å². The van der Waals surface area contributed by atoms with E-state index in [0.717, 1.165) is 154 Å². The molecule has 0 fully saturated rings. The quantitative estimate of drug-likeness (QED) is 0.174. The van der Waals surface area contributed by atoms with Gasteiger partial charge in [0.05, 0.1) is 55.3 Å². The molecule has 0 N–H and O–H groups in total. The molecule has 11 aromatic carbocycles. The molecule has 0 spiro atoms. The van der Waals surface area contributed by atoms with Crippen LogP contribution >= 0.6 is 0 Å². The molecule has 0 saturated heterocycles. The summed E-state index contributed by atoms with van der Waals surface area (Å²) < 4.78 is 30.2. The van der Waals surface area contributed by atoms with Gasteiger partial charge in [-0.15, -0.1) is 0 Å². The third kappa shape index (κ3) is 5.48. The van der Waals surface area contributed by atoms with Crippen LogP contribution in [0.15, 0.2) is 224 Å². The molecule has 0 aliphatic rings. The predicted molar refractivity (Wildman–Crippen MR) is 305 cm³/mol. The van der Waals surface area contributed by atoms with E-state index in [1.807, 2.05) is 97.1 Å². The number of aromatic nitrogens is 2. The lowest BCUT2D eigenvalue weighted by atomic mass is 10.00. The highest BCUT2D eigenvalue weighted by Gasteiger charge is 2.26. The predicted octanol–water partition coefficient (Wildman–Crippen LogP) is 18.6. The maximum absolute atomic E-state index is 11.4. The third-order valence-electron chi connectivity index (χ3n) is 15.8. The first-order chi connectivity index (χ1) is 37.6. The number of furan rings is 4. The highest BCUT2D eigenvalue weighted by molar-refractivity contribution is 6.26. The summed E-state index contributed by atoms with van der Waals surface area (Å²) >= 11 is 0. The summed E-state index contributed by atoms with van der Waals surface area (Å²) in [5.41, 5.74) is 16.0. The lowest BCUT2D eigenvalue weighted by Gasteiger charge is -2.16. The fraction of sp³-hybridized carbons (Fsp3) is 0. The fourth-order valence-corrected chi connectivity index (χ4v) is 12.4. The summed E-state index contributed by atoms with van der Waals surface area (Å²) in [5, 5.41) is 34.8. The number of para-hydroxylation sites is 4. The van der Waals surface area contributed by atoms with Crippen LogP contribution in [0.2, 0.25) is 0 Å². The van der Waals surface area contributed by atoms with E-state index in [1.54, 1.807) is 0 Å². The molecule has 8 heteroatoms. The topological polar surface area (TPSA) is 110 Å². The van der Waals surface area contributed by atoms with Gasteiger partial charge in [0.15, 0.2) is 0 Å². The first-order valence-electron chi connectivity index (χ1n) is 25.2. The third-order valence-corrected chi connectivity index (χ3v) is 15.8. The number of hydrogen-bond acceptors (Lipinski definition) is 6. The van der Waals surface area contributed by atoms with Crippen molar-refractivity contribution in [3.8, 4) is 45.8 Å². The van der Waals surface area contributed by atoms with Crippen LogP contribution in [0.4, 0.5) is 0 Å². The maximum atomic E-state index is 11.4. The molecule has 76 heavy (non-hydrogen) atoms. The number of nitriles is 2. The molecule has 8 nitrogen and oxygen atoms in total. The second-order valence-corrected chi connectivity index (χ2v) is 19.7. The van der Waals surface area contributed by atoms with E-state index in [4.69, 9.17) is 17.7 Å². The van der Waals surface area contributed by atoms with Crippen LogP contribution in [-0.4, -0.2) is 9.13 Å². The average molecular weight is 971 g/mol. The Morgan fingerprint density at radius 2 is 0.605 bits per heavy atom. The van der Waals surface area contributed by atoms with Gasteiger partial charge in [0.25, 0.3) is 0 Å². The fourth-order valence-electron chi connectivity index (χ4n) is 12.4. The number of fused-ring (bicyclic) bond motifs is 20. The summed E-state index contributed by atoms with van der Waals surface area (Å²) in [6.07, 6.45) is 0. The Morgan fingerprint density at radius 3 is 1.01 bits per heavy atom. The van der Waals surface area contributed by atoms with Gasteiger partial charge in [0.1, 0.15) is 56.8 Å². The average Bonchev–Trinajstić information content (AvgIpc) is 4.52. The molecule has 0 aliphatic carbocycles. The van der Waals surface area contributed by atoms with Gasteiger partial charge in [-0.2, -0.15) is 10.5 Å². The van der Waals surface area contributed by atoms with Gasteiger partial charge >= 0.3 is 0 Å². The van der Waals surface area contributed by atoms with Crippen molar-refractivity contribution in [2.75, 3.05) is 0 Å². The molecule has 0 unspecified atom stereocenters. The Balaban J connectivity index is 0.906. The second kappa shape index (κ2) is 14.9. The van der Waals surface area contributed by atoms with Crippen LogP contribution in [0.3, 0.4) is 0 Å². The van der Waals surface area contributed by atoms with Crippen LogP contribution in [0.5, 0.6) is 0 Å². The molecular weight excluding hydrogens is 937 g/mol.